The van der Waals surface area contributed by atoms with Crippen LogP contribution in [0, 0.1) is 0 Å². The second-order valence-electron chi connectivity index (χ2n) is 5.80. The molecule has 0 bridgehead atoms. The Bertz CT molecular complexity index is 1010. The van der Waals surface area contributed by atoms with E-state index in [-0.39, 0.29) is 5.78 Å². The number of hydrogen-bond donors (Lipinski definition) is 0. The fourth-order valence-electron chi connectivity index (χ4n) is 3.05. The highest BCUT2D eigenvalue weighted by molar-refractivity contribution is 6.16. The molecule has 0 heterocycles. The lowest BCUT2D eigenvalue weighted by atomic mass is 9.95. The number of hydrogen-bond acceptors (Lipinski definition) is 1. The first-order valence-corrected chi connectivity index (χ1v) is 8.01. The Balaban J connectivity index is 1.80. The predicted molar refractivity (Wildman–Crippen MR) is 99.3 cm³/mol. The highest BCUT2D eigenvalue weighted by atomic mass is 16.1. The van der Waals surface area contributed by atoms with Gasteiger partial charge in [0.25, 0.3) is 0 Å². The molecule has 0 radical (unpaired) electrons. The number of benzene rings is 4. The molecular formula is C23H16O. The van der Waals surface area contributed by atoms with Gasteiger partial charge in [-0.2, -0.15) is 0 Å². The minimum atomic E-state index is 0.0598. The first-order chi connectivity index (χ1) is 11.8. The average Bonchev–Trinajstić information content (AvgIpc) is 2.68. The fraction of sp³-hybridized carbons (Fsp3) is 0. The second-order valence-corrected chi connectivity index (χ2v) is 5.80. The van der Waals surface area contributed by atoms with Crippen LogP contribution in [0.2, 0.25) is 0 Å². The van der Waals surface area contributed by atoms with Crippen LogP contribution >= 0.6 is 0 Å². The van der Waals surface area contributed by atoms with Crippen molar-refractivity contribution in [3.63, 3.8) is 0 Å². The van der Waals surface area contributed by atoms with Crippen LogP contribution < -0.4 is 0 Å². The Labute approximate surface area is 141 Å². The summed E-state index contributed by atoms with van der Waals surface area (Å²) in [6, 6.07) is 31.8. The van der Waals surface area contributed by atoms with E-state index in [1.54, 1.807) is 0 Å². The summed E-state index contributed by atoms with van der Waals surface area (Å²) in [5.74, 6) is 0.0598. The SMILES string of the molecule is O=C(c1cccc(-c2ccccc2)c1)c1cccc2ccccc12. The van der Waals surface area contributed by atoms with E-state index in [0.717, 1.165) is 27.5 Å². The number of ketones is 1. The molecule has 0 aliphatic carbocycles. The molecule has 0 aliphatic rings. The van der Waals surface area contributed by atoms with Gasteiger partial charge in [0.2, 0.25) is 0 Å². The molecule has 0 saturated heterocycles. The van der Waals surface area contributed by atoms with Gasteiger partial charge < -0.3 is 0 Å². The third-order valence-corrected chi connectivity index (χ3v) is 4.27. The van der Waals surface area contributed by atoms with Gasteiger partial charge in [-0.15, -0.1) is 0 Å². The van der Waals surface area contributed by atoms with Crippen molar-refractivity contribution < 1.29 is 4.79 Å². The number of carbonyl (C=O) groups is 1. The first kappa shape index (κ1) is 14.4. The molecule has 1 heteroatoms. The average molecular weight is 308 g/mol. The van der Waals surface area contributed by atoms with Crippen molar-refractivity contribution in [1.29, 1.82) is 0 Å². The van der Waals surface area contributed by atoms with Crippen molar-refractivity contribution in [2.24, 2.45) is 0 Å². The quantitative estimate of drug-likeness (QED) is 0.441. The maximum Gasteiger partial charge on any atom is 0.193 e. The molecule has 0 saturated carbocycles. The molecule has 0 unspecified atom stereocenters. The second kappa shape index (κ2) is 6.13. The van der Waals surface area contributed by atoms with Crippen molar-refractivity contribution in [3.8, 4) is 11.1 Å². The van der Waals surface area contributed by atoms with Crippen LogP contribution in [0.5, 0.6) is 0 Å². The molecule has 0 aliphatic heterocycles. The van der Waals surface area contributed by atoms with Crippen molar-refractivity contribution in [2.75, 3.05) is 0 Å². The molecule has 4 rings (SSSR count). The maximum atomic E-state index is 13.0. The maximum absolute atomic E-state index is 13.0. The van der Waals surface area contributed by atoms with E-state index in [2.05, 4.69) is 12.1 Å². The molecule has 114 valence electrons. The van der Waals surface area contributed by atoms with E-state index >= 15 is 0 Å². The van der Waals surface area contributed by atoms with E-state index < -0.39 is 0 Å². The topological polar surface area (TPSA) is 17.1 Å². The number of fused-ring (bicyclic) bond motifs is 1. The zero-order chi connectivity index (χ0) is 16.4. The summed E-state index contributed by atoms with van der Waals surface area (Å²) in [5, 5.41) is 2.08. The van der Waals surface area contributed by atoms with E-state index in [0.29, 0.717) is 5.56 Å². The summed E-state index contributed by atoms with van der Waals surface area (Å²) < 4.78 is 0. The fourth-order valence-corrected chi connectivity index (χ4v) is 3.05. The Morgan fingerprint density at radius 3 is 2.12 bits per heavy atom. The first-order valence-electron chi connectivity index (χ1n) is 8.01. The van der Waals surface area contributed by atoms with Crippen LogP contribution in [-0.4, -0.2) is 5.78 Å². The van der Waals surface area contributed by atoms with Gasteiger partial charge in [-0.3, -0.25) is 4.79 Å². The van der Waals surface area contributed by atoms with Crippen molar-refractivity contribution >= 4 is 16.6 Å². The van der Waals surface area contributed by atoms with Crippen molar-refractivity contribution in [3.05, 3.63) is 108 Å². The summed E-state index contributed by atoms with van der Waals surface area (Å²) in [6.45, 7) is 0. The molecule has 0 atom stereocenters. The number of carbonyl (C=O) groups excluding carboxylic acids is 1. The molecule has 4 aromatic rings. The molecule has 24 heavy (non-hydrogen) atoms. The summed E-state index contributed by atoms with van der Waals surface area (Å²) in [5.41, 5.74) is 3.64. The molecule has 4 aromatic carbocycles. The van der Waals surface area contributed by atoms with Crippen LogP contribution in [0.15, 0.2) is 97.1 Å². The van der Waals surface area contributed by atoms with Crippen LogP contribution in [0.3, 0.4) is 0 Å². The van der Waals surface area contributed by atoms with Gasteiger partial charge in [-0.25, -0.2) is 0 Å². The van der Waals surface area contributed by atoms with Gasteiger partial charge in [-0.1, -0.05) is 91.0 Å². The van der Waals surface area contributed by atoms with Crippen LogP contribution in [0.1, 0.15) is 15.9 Å². The molecule has 0 fully saturated rings. The molecule has 0 amide bonds. The van der Waals surface area contributed by atoms with Gasteiger partial charge in [0, 0.05) is 11.1 Å². The lowest BCUT2D eigenvalue weighted by Crippen LogP contribution is -2.02. The largest absolute Gasteiger partial charge is 0.289 e. The molecule has 1 nitrogen and oxygen atoms in total. The monoisotopic (exact) mass is 308 g/mol. The lowest BCUT2D eigenvalue weighted by molar-refractivity contribution is 0.104. The third kappa shape index (κ3) is 2.61. The Morgan fingerprint density at radius 2 is 1.25 bits per heavy atom. The minimum absolute atomic E-state index is 0.0598. The van der Waals surface area contributed by atoms with Crippen molar-refractivity contribution in [1.82, 2.24) is 0 Å². The van der Waals surface area contributed by atoms with Crippen LogP contribution in [0.25, 0.3) is 21.9 Å². The Hall–Kier alpha value is -3.19. The Kier molecular flexibility index (Phi) is 3.68. The minimum Gasteiger partial charge on any atom is -0.289 e. The smallest absolute Gasteiger partial charge is 0.193 e. The zero-order valence-electron chi connectivity index (χ0n) is 13.1. The lowest BCUT2D eigenvalue weighted by Gasteiger charge is -2.08. The standard InChI is InChI=1S/C23H16O/c24-23(22-15-7-11-18-10-4-5-14-21(18)22)20-13-6-12-19(16-20)17-8-2-1-3-9-17/h1-16H. The highest BCUT2D eigenvalue weighted by Crippen LogP contribution is 2.24. The summed E-state index contributed by atoms with van der Waals surface area (Å²) in [4.78, 5) is 13.0. The predicted octanol–water partition coefficient (Wildman–Crippen LogP) is 5.74. The van der Waals surface area contributed by atoms with E-state index in [9.17, 15) is 4.79 Å². The zero-order valence-corrected chi connectivity index (χ0v) is 13.1. The van der Waals surface area contributed by atoms with Gasteiger partial charge in [0.15, 0.2) is 5.78 Å². The van der Waals surface area contributed by atoms with Gasteiger partial charge in [0.05, 0.1) is 0 Å². The summed E-state index contributed by atoms with van der Waals surface area (Å²) in [7, 11) is 0. The molecule has 0 aromatic heterocycles. The van der Waals surface area contributed by atoms with E-state index in [1.165, 1.54) is 0 Å². The molecule has 0 N–H and O–H groups in total. The van der Waals surface area contributed by atoms with Crippen LogP contribution in [0.4, 0.5) is 0 Å². The van der Waals surface area contributed by atoms with E-state index in [1.807, 2.05) is 84.9 Å². The molecule has 0 spiro atoms. The van der Waals surface area contributed by atoms with E-state index in [4.69, 9.17) is 0 Å². The Morgan fingerprint density at radius 1 is 0.583 bits per heavy atom. The third-order valence-electron chi connectivity index (χ3n) is 4.27. The summed E-state index contributed by atoms with van der Waals surface area (Å²) in [6.07, 6.45) is 0. The highest BCUT2D eigenvalue weighted by Gasteiger charge is 2.13. The van der Waals surface area contributed by atoms with Crippen LogP contribution in [-0.2, 0) is 0 Å². The normalized spacial score (nSPS) is 10.7. The van der Waals surface area contributed by atoms with Crippen molar-refractivity contribution in [2.45, 2.75) is 0 Å². The number of rotatable bonds is 3. The van der Waals surface area contributed by atoms with Gasteiger partial charge >= 0.3 is 0 Å². The summed E-state index contributed by atoms with van der Waals surface area (Å²) >= 11 is 0. The van der Waals surface area contributed by atoms with Gasteiger partial charge in [-0.05, 0) is 28.0 Å². The van der Waals surface area contributed by atoms with Gasteiger partial charge in [0.1, 0.15) is 0 Å². The molecular weight excluding hydrogens is 292 g/mol.